The summed E-state index contributed by atoms with van der Waals surface area (Å²) in [5, 5.41) is 0. The number of phosphoric acid groups is 1. The molecule has 0 amide bonds. The van der Waals surface area contributed by atoms with Crippen LogP contribution in [0.2, 0.25) is 0 Å². The third-order valence-corrected chi connectivity index (χ3v) is 5.40. The summed E-state index contributed by atoms with van der Waals surface area (Å²) in [5.41, 5.74) is 0. The van der Waals surface area contributed by atoms with Crippen LogP contribution in [0, 0.1) is 0 Å². The van der Waals surface area contributed by atoms with Gasteiger partial charge in [0.25, 0.3) is 0 Å². The van der Waals surface area contributed by atoms with Gasteiger partial charge in [-0.3, -0.25) is 9.05 Å². The minimum absolute atomic E-state index is 0.170. The average molecular weight is 365 g/mol. The van der Waals surface area contributed by atoms with E-state index in [1.54, 1.807) is 0 Å². The van der Waals surface area contributed by atoms with E-state index in [0.717, 1.165) is 19.3 Å². The van der Waals surface area contributed by atoms with Crippen molar-refractivity contribution in [1.82, 2.24) is 0 Å². The topological polar surface area (TPSA) is 55.8 Å². The number of unbranched alkanes of at least 4 members (excludes halogenated alkanes) is 10. The minimum Gasteiger partial charge on any atom is -0.302 e. The maximum atomic E-state index is 11.8. The zero-order chi connectivity index (χ0) is 18.1. The van der Waals surface area contributed by atoms with Crippen LogP contribution in [0.1, 0.15) is 111 Å². The van der Waals surface area contributed by atoms with Crippen LogP contribution in [-0.4, -0.2) is 17.6 Å². The summed E-state index contributed by atoms with van der Waals surface area (Å²) in [4.78, 5) is 9.64. The van der Waals surface area contributed by atoms with Crippen molar-refractivity contribution < 1.29 is 18.5 Å². The lowest BCUT2D eigenvalue weighted by Crippen LogP contribution is -2.11. The van der Waals surface area contributed by atoms with Gasteiger partial charge in [-0.15, -0.1) is 0 Å². The summed E-state index contributed by atoms with van der Waals surface area (Å²) in [7, 11) is -3.86. The SMILES string of the molecule is CCCCCCCCCCCCCC(CC)OP(=O)(O)OCCC. The van der Waals surface area contributed by atoms with Gasteiger partial charge in [-0.1, -0.05) is 91.4 Å². The highest BCUT2D eigenvalue weighted by Gasteiger charge is 2.25. The van der Waals surface area contributed by atoms with E-state index in [1.165, 1.54) is 64.2 Å². The Morgan fingerprint density at radius 3 is 1.75 bits per heavy atom. The third-order valence-electron chi connectivity index (χ3n) is 4.33. The summed E-state index contributed by atoms with van der Waals surface area (Å²) in [6, 6.07) is 0. The zero-order valence-electron chi connectivity index (χ0n) is 16.3. The quantitative estimate of drug-likeness (QED) is 0.210. The molecule has 0 aliphatic carbocycles. The highest BCUT2D eigenvalue weighted by atomic mass is 31.2. The summed E-state index contributed by atoms with van der Waals surface area (Å²) >= 11 is 0. The number of hydrogen-bond donors (Lipinski definition) is 1. The van der Waals surface area contributed by atoms with Crippen LogP contribution < -0.4 is 0 Å². The van der Waals surface area contributed by atoms with Crippen molar-refractivity contribution >= 4 is 7.82 Å². The summed E-state index contributed by atoms with van der Waals surface area (Å²) in [5.74, 6) is 0. The molecule has 0 aliphatic heterocycles. The Kier molecular flexibility index (Phi) is 16.6. The van der Waals surface area contributed by atoms with Gasteiger partial charge in [0.15, 0.2) is 0 Å². The van der Waals surface area contributed by atoms with E-state index in [4.69, 9.17) is 9.05 Å². The van der Waals surface area contributed by atoms with Crippen LogP contribution in [0.4, 0.5) is 0 Å². The molecule has 0 rings (SSSR count). The molecule has 2 atom stereocenters. The van der Waals surface area contributed by atoms with Crippen molar-refractivity contribution in [2.45, 2.75) is 117 Å². The molecule has 0 aliphatic rings. The maximum absolute atomic E-state index is 11.8. The molecule has 5 heteroatoms. The van der Waals surface area contributed by atoms with Crippen molar-refractivity contribution in [2.75, 3.05) is 6.61 Å². The molecule has 0 aromatic rings. The fourth-order valence-corrected chi connectivity index (χ4v) is 3.90. The van der Waals surface area contributed by atoms with Crippen LogP contribution in [0.5, 0.6) is 0 Å². The van der Waals surface area contributed by atoms with E-state index >= 15 is 0 Å². The number of rotatable bonds is 18. The van der Waals surface area contributed by atoms with Crippen molar-refractivity contribution in [2.24, 2.45) is 0 Å². The molecule has 2 unspecified atom stereocenters. The number of hydrogen-bond acceptors (Lipinski definition) is 3. The highest BCUT2D eigenvalue weighted by Crippen LogP contribution is 2.45. The normalized spacial score (nSPS) is 15.3. The predicted octanol–water partition coefficient (Wildman–Crippen LogP) is 7.01. The molecular formula is C19H41O4P. The predicted molar refractivity (Wildman–Crippen MR) is 102 cm³/mol. The first-order valence-corrected chi connectivity index (χ1v) is 11.7. The Bertz CT molecular complexity index is 310. The van der Waals surface area contributed by atoms with E-state index in [-0.39, 0.29) is 12.7 Å². The first kappa shape index (κ1) is 24.1. The molecule has 146 valence electrons. The van der Waals surface area contributed by atoms with Crippen LogP contribution in [0.25, 0.3) is 0 Å². The summed E-state index contributed by atoms with van der Waals surface area (Å²) in [6.45, 7) is 6.42. The van der Waals surface area contributed by atoms with Crippen LogP contribution in [-0.2, 0) is 13.6 Å². The Morgan fingerprint density at radius 2 is 1.29 bits per heavy atom. The third kappa shape index (κ3) is 15.6. The Labute approximate surface area is 150 Å². The van der Waals surface area contributed by atoms with Crippen molar-refractivity contribution in [3.05, 3.63) is 0 Å². The molecule has 0 saturated carbocycles. The molecule has 0 radical (unpaired) electrons. The molecule has 24 heavy (non-hydrogen) atoms. The molecule has 0 aromatic carbocycles. The van der Waals surface area contributed by atoms with Crippen molar-refractivity contribution in [3.63, 3.8) is 0 Å². The van der Waals surface area contributed by atoms with Gasteiger partial charge in [0.2, 0.25) is 0 Å². The van der Waals surface area contributed by atoms with Gasteiger partial charge in [0.05, 0.1) is 12.7 Å². The Hall–Kier alpha value is 0.110. The van der Waals surface area contributed by atoms with Crippen LogP contribution in [0.15, 0.2) is 0 Å². The second kappa shape index (κ2) is 16.6. The minimum atomic E-state index is -3.86. The Balaban J connectivity index is 3.55. The molecule has 0 fully saturated rings. The van der Waals surface area contributed by atoms with E-state index in [0.29, 0.717) is 6.42 Å². The zero-order valence-corrected chi connectivity index (χ0v) is 17.2. The van der Waals surface area contributed by atoms with Gasteiger partial charge in [-0.25, -0.2) is 4.57 Å². The molecule has 0 heterocycles. The lowest BCUT2D eigenvalue weighted by atomic mass is 10.0. The van der Waals surface area contributed by atoms with Crippen molar-refractivity contribution in [3.8, 4) is 0 Å². The van der Waals surface area contributed by atoms with Crippen LogP contribution in [0.3, 0.4) is 0 Å². The smallest absolute Gasteiger partial charge is 0.302 e. The van der Waals surface area contributed by atoms with E-state index < -0.39 is 7.82 Å². The van der Waals surface area contributed by atoms with Crippen LogP contribution >= 0.6 is 7.82 Å². The molecule has 0 spiro atoms. The highest BCUT2D eigenvalue weighted by molar-refractivity contribution is 7.47. The molecular weight excluding hydrogens is 323 g/mol. The lowest BCUT2D eigenvalue weighted by molar-refractivity contribution is 0.0954. The van der Waals surface area contributed by atoms with E-state index in [1.807, 2.05) is 13.8 Å². The fraction of sp³-hybridized carbons (Fsp3) is 1.00. The van der Waals surface area contributed by atoms with Gasteiger partial charge in [-0.2, -0.15) is 0 Å². The first-order valence-electron chi connectivity index (χ1n) is 10.2. The molecule has 0 bridgehead atoms. The lowest BCUT2D eigenvalue weighted by Gasteiger charge is -2.19. The molecule has 0 aromatic heterocycles. The monoisotopic (exact) mass is 364 g/mol. The van der Waals surface area contributed by atoms with E-state index in [9.17, 15) is 9.46 Å². The summed E-state index contributed by atoms with van der Waals surface area (Å²) in [6.07, 6.45) is 16.5. The van der Waals surface area contributed by atoms with Crippen molar-refractivity contribution in [1.29, 1.82) is 0 Å². The standard InChI is InChI=1S/C19H41O4P/c1-4-7-8-9-10-11-12-13-14-15-16-17-19(6-3)23-24(20,21)22-18-5-2/h19H,4-18H2,1-3H3,(H,20,21). The van der Waals surface area contributed by atoms with E-state index in [2.05, 4.69) is 6.92 Å². The largest absolute Gasteiger partial charge is 0.472 e. The average Bonchev–Trinajstić information content (AvgIpc) is 2.56. The second-order valence-electron chi connectivity index (χ2n) is 6.76. The molecule has 1 N–H and O–H groups in total. The first-order chi connectivity index (χ1) is 11.6. The molecule has 4 nitrogen and oxygen atoms in total. The van der Waals surface area contributed by atoms with Gasteiger partial charge in [-0.05, 0) is 19.3 Å². The van der Waals surface area contributed by atoms with Gasteiger partial charge in [0.1, 0.15) is 0 Å². The van der Waals surface area contributed by atoms with Gasteiger partial charge >= 0.3 is 7.82 Å². The molecule has 0 saturated heterocycles. The van der Waals surface area contributed by atoms with Gasteiger partial charge in [0, 0.05) is 0 Å². The number of phosphoric ester groups is 1. The Morgan fingerprint density at radius 1 is 0.792 bits per heavy atom. The van der Waals surface area contributed by atoms with Gasteiger partial charge < -0.3 is 4.89 Å². The second-order valence-corrected chi connectivity index (χ2v) is 8.17. The fourth-order valence-electron chi connectivity index (χ4n) is 2.79. The maximum Gasteiger partial charge on any atom is 0.472 e. The summed E-state index contributed by atoms with van der Waals surface area (Å²) < 4.78 is 21.9.